The van der Waals surface area contributed by atoms with Gasteiger partial charge in [-0.15, -0.1) is 0 Å². The first-order valence-electron chi connectivity index (χ1n) is 16.4. The molecule has 1 fully saturated rings. The van der Waals surface area contributed by atoms with Crippen molar-refractivity contribution in [1.29, 1.82) is 0 Å². The Morgan fingerprint density at radius 1 is 0.830 bits per heavy atom. The number of esters is 1. The van der Waals surface area contributed by atoms with Crippen molar-refractivity contribution in [3.63, 3.8) is 0 Å². The highest BCUT2D eigenvalue weighted by atomic mass is 16.7. The maximum absolute atomic E-state index is 12.5. The van der Waals surface area contributed by atoms with Crippen LogP contribution in [0.2, 0.25) is 0 Å². The summed E-state index contributed by atoms with van der Waals surface area (Å²) in [7, 11) is 0. The molecule has 0 amide bonds. The van der Waals surface area contributed by atoms with Gasteiger partial charge in [0, 0.05) is 17.4 Å². The van der Waals surface area contributed by atoms with E-state index in [0.29, 0.717) is 11.5 Å². The molecule has 13 nitrogen and oxygen atoms in total. The van der Waals surface area contributed by atoms with Gasteiger partial charge >= 0.3 is 5.97 Å². The minimum atomic E-state index is -1.71. The summed E-state index contributed by atoms with van der Waals surface area (Å²) in [4.78, 5) is 12.5. The second-order valence-electron chi connectivity index (χ2n) is 13.2. The number of aliphatic hydroxyl groups is 9. The standard InChI is InChI=1S/C34H60O13/c1-9-17(2)10-18(3)11-21(6)32(47-34-31(43)30(42)29(41)26(15-36)46-34)22(7)12-19(4)27(39)20(5)13-23(8)33(44)45-16-25(38)28(40)24(37)14-35/h11-13,17-18,20,22,24-32,34-43H,9-10,14-16H2,1-8H3/b19-12+,21-11+,23-13+. The van der Waals surface area contributed by atoms with Crippen LogP contribution in [-0.2, 0) is 19.0 Å². The van der Waals surface area contributed by atoms with Crippen LogP contribution in [-0.4, -0.2) is 133 Å². The van der Waals surface area contributed by atoms with Crippen molar-refractivity contribution in [2.24, 2.45) is 23.7 Å². The molecule has 14 unspecified atom stereocenters. The number of rotatable bonds is 19. The zero-order valence-corrected chi connectivity index (χ0v) is 29.0. The van der Waals surface area contributed by atoms with Gasteiger partial charge in [0.15, 0.2) is 6.29 Å². The highest BCUT2D eigenvalue weighted by Crippen LogP contribution is 2.30. The van der Waals surface area contributed by atoms with E-state index in [2.05, 4.69) is 26.8 Å². The normalized spacial score (nSPS) is 28.9. The summed E-state index contributed by atoms with van der Waals surface area (Å²) in [5.74, 6) is -1.06. The van der Waals surface area contributed by atoms with E-state index >= 15 is 0 Å². The molecule has 0 saturated carbocycles. The molecule has 9 N–H and O–H groups in total. The van der Waals surface area contributed by atoms with Crippen molar-refractivity contribution in [3.05, 3.63) is 34.9 Å². The SMILES string of the molecule is CCC(C)CC(C)/C=C(\C)C(OC1OC(CO)C(O)C(O)C1O)C(C)/C=C(\C)C(O)C(C)/C=C(\C)C(=O)OCC(O)C(O)C(O)CO. The third-order valence-corrected chi connectivity index (χ3v) is 8.76. The van der Waals surface area contributed by atoms with Gasteiger partial charge in [-0.05, 0) is 50.2 Å². The lowest BCUT2D eigenvalue weighted by molar-refractivity contribution is -0.310. The molecule has 0 radical (unpaired) electrons. The first-order valence-corrected chi connectivity index (χ1v) is 16.4. The van der Waals surface area contributed by atoms with E-state index in [4.69, 9.17) is 19.3 Å². The van der Waals surface area contributed by atoms with E-state index in [-0.39, 0.29) is 11.5 Å². The molecule has 274 valence electrons. The van der Waals surface area contributed by atoms with Gasteiger partial charge in [0.2, 0.25) is 0 Å². The van der Waals surface area contributed by atoms with Gasteiger partial charge in [-0.25, -0.2) is 4.79 Å². The smallest absolute Gasteiger partial charge is 0.333 e. The van der Waals surface area contributed by atoms with Gasteiger partial charge in [-0.3, -0.25) is 0 Å². The van der Waals surface area contributed by atoms with Crippen LogP contribution in [0.15, 0.2) is 34.9 Å². The minimum Gasteiger partial charge on any atom is -0.459 e. The monoisotopic (exact) mass is 676 g/mol. The molecule has 0 aromatic rings. The fourth-order valence-electron chi connectivity index (χ4n) is 5.69. The number of aliphatic hydroxyl groups excluding tert-OH is 9. The van der Waals surface area contributed by atoms with Crippen LogP contribution in [0.5, 0.6) is 0 Å². The Bertz CT molecular complexity index is 1030. The molecule has 1 aliphatic heterocycles. The lowest BCUT2D eigenvalue weighted by Crippen LogP contribution is -2.60. The third kappa shape index (κ3) is 13.2. The van der Waals surface area contributed by atoms with Crippen LogP contribution in [0.3, 0.4) is 0 Å². The van der Waals surface area contributed by atoms with Crippen LogP contribution in [0.1, 0.15) is 68.2 Å². The number of ether oxygens (including phenoxy) is 3. The maximum atomic E-state index is 12.5. The second-order valence-corrected chi connectivity index (χ2v) is 13.2. The van der Waals surface area contributed by atoms with Crippen LogP contribution in [0.25, 0.3) is 0 Å². The number of hydrogen-bond donors (Lipinski definition) is 9. The fraction of sp³-hybridized carbons (Fsp3) is 0.794. The summed E-state index contributed by atoms with van der Waals surface area (Å²) in [5.41, 5.74) is 1.52. The molecule has 0 spiro atoms. The molecule has 47 heavy (non-hydrogen) atoms. The molecular weight excluding hydrogens is 616 g/mol. The maximum Gasteiger partial charge on any atom is 0.333 e. The Labute approximate surface area is 278 Å². The van der Waals surface area contributed by atoms with Crippen molar-refractivity contribution < 1.29 is 65.0 Å². The second kappa shape index (κ2) is 20.7. The minimum absolute atomic E-state index is 0.139. The molecule has 0 bridgehead atoms. The van der Waals surface area contributed by atoms with Crippen molar-refractivity contribution in [3.8, 4) is 0 Å². The highest BCUT2D eigenvalue weighted by Gasteiger charge is 2.45. The van der Waals surface area contributed by atoms with Crippen LogP contribution < -0.4 is 0 Å². The van der Waals surface area contributed by atoms with Gasteiger partial charge in [0.1, 0.15) is 49.3 Å². The molecule has 0 aliphatic carbocycles. The predicted molar refractivity (Wildman–Crippen MR) is 174 cm³/mol. The summed E-state index contributed by atoms with van der Waals surface area (Å²) >= 11 is 0. The van der Waals surface area contributed by atoms with E-state index in [1.54, 1.807) is 19.9 Å². The molecule has 13 heteroatoms. The molecule has 0 aromatic carbocycles. The zero-order chi connectivity index (χ0) is 36.2. The van der Waals surface area contributed by atoms with Gasteiger partial charge in [0.05, 0.1) is 25.4 Å². The Balaban J connectivity index is 3.18. The lowest BCUT2D eigenvalue weighted by Gasteiger charge is -2.41. The summed E-state index contributed by atoms with van der Waals surface area (Å²) < 4.78 is 16.9. The van der Waals surface area contributed by atoms with Crippen LogP contribution in [0, 0.1) is 23.7 Å². The van der Waals surface area contributed by atoms with Gasteiger partial charge in [-0.2, -0.15) is 0 Å². The number of hydrogen-bond acceptors (Lipinski definition) is 13. The number of allylic oxidation sites excluding steroid dienone is 1. The molecular formula is C34H60O13. The average molecular weight is 677 g/mol. The van der Waals surface area contributed by atoms with Crippen LogP contribution in [0.4, 0.5) is 0 Å². The first-order chi connectivity index (χ1) is 21.9. The lowest BCUT2D eigenvalue weighted by atomic mass is 9.88. The van der Waals surface area contributed by atoms with E-state index in [9.17, 15) is 45.6 Å². The van der Waals surface area contributed by atoms with Gasteiger partial charge < -0.3 is 60.2 Å². The third-order valence-electron chi connectivity index (χ3n) is 8.76. The van der Waals surface area contributed by atoms with E-state index in [0.717, 1.165) is 18.4 Å². The summed E-state index contributed by atoms with van der Waals surface area (Å²) in [6.45, 7) is 13.0. The molecule has 14 atom stereocenters. The Morgan fingerprint density at radius 3 is 2.00 bits per heavy atom. The Morgan fingerprint density at radius 2 is 1.45 bits per heavy atom. The van der Waals surface area contributed by atoms with Gasteiger partial charge in [0.25, 0.3) is 0 Å². The fourth-order valence-corrected chi connectivity index (χ4v) is 5.69. The molecule has 1 rings (SSSR count). The van der Waals surface area contributed by atoms with E-state index < -0.39 is 98.9 Å². The van der Waals surface area contributed by atoms with Crippen LogP contribution >= 0.6 is 0 Å². The van der Waals surface area contributed by atoms with Crippen molar-refractivity contribution in [2.75, 3.05) is 19.8 Å². The van der Waals surface area contributed by atoms with Crippen molar-refractivity contribution >= 4 is 5.97 Å². The molecule has 1 heterocycles. The average Bonchev–Trinajstić information content (AvgIpc) is 3.03. The Hall–Kier alpha value is -1.75. The number of carbonyl (C=O) groups excluding carboxylic acids is 1. The van der Waals surface area contributed by atoms with Gasteiger partial charge in [-0.1, -0.05) is 59.3 Å². The summed E-state index contributed by atoms with van der Waals surface area (Å²) in [5, 5.41) is 89.9. The predicted octanol–water partition coefficient (Wildman–Crippen LogP) is 0.334. The molecule has 0 aromatic heterocycles. The van der Waals surface area contributed by atoms with Crippen molar-refractivity contribution in [2.45, 2.75) is 129 Å². The Kier molecular flexibility index (Phi) is 19.0. The van der Waals surface area contributed by atoms with Crippen molar-refractivity contribution in [1.82, 2.24) is 0 Å². The number of carbonyl (C=O) groups is 1. The highest BCUT2D eigenvalue weighted by molar-refractivity contribution is 5.87. The first kappa shape index (κ1) is 43.3. The zero-order valence-electron chi connectivity index (χ0n) is 29.0. The summed E-state index contributed by atoms with van der Waals surface area (Å²) in [6.07, 6.45) is -6.47. The molecule has 1 saturated heterocycles. The largest absolute Gasteiger partial charge is 0.459 e. The molecule has 1 aliphatic rings. The van der Waals surface area contributed by atoms with E-state index in [1.807, 2.05) is 13.8 Å². The summed E-state index contributed by atoms with van der Waals surface area (Å²) in [6, 6.07) is 0. The topological polar surface area (TPSA) is 227 Å². The van der Waals surface area contributed by atoms with E-state index in [1.165, 1.54) is 13.0 Å². The quantitative estimate of drug-likeness (QED) is 0.0512.